The summed E-state index contributed by atoms with van der Waals surface area (Å²) in [4.78, 5) is 42.1. The van der Waals surface area contributed by atoms with Crippen molar-refractivity contribution in [3.8, 4) is 0 Å². The number of rotatable bonds is 6. The highest BCUT2D eigenvalue weighted by Crippen LogP contribution is 2.23. The summed E-state index contributed by atoms with van der Waals surface area (Å²) in [6, 6.07) is 7.94. The molecule has 2 aromatic rings. The van der Waals surface area contributed by atoms with E-state index in [-0.39, 0.29) is 35.3 Å². The number of urea groups is 2. The molecule has 0 radical (unpaired) electrons. The minimum Gasteiger partial charge on any atom is -0.337 e. The van der Waals surface area contributed by atoms with E-state index in [1.165, 1.54) is 12.1 Å². The van der Waals surface area contributed by atoms with Gasteiger partial charge in [-0.2, -0.15) is 0 Å². The van der Waals surface area contributed by atoms with Crippen molar-refractivity contribution in [2.45, 2.75) is 55.0 Å². The van der Waals surface area contributed by atoms with Gasteiger partial charge in [-0.25, -0.2) is 22.7 Å². The molecule has 1 aliphatic heterocycles. The van der Waals surface area contributed by atoms with Gasteiger partial charge in [0.15, 0.2) is 0 Å². The Morgan fingerprint density at radius 2 is 1.80 bits per heavy atom. The Kier molecular flexibility index (Phi) is 7.56. The summed E-state index contributed by atoms with van der Waals surface area (Å²) in [5.74, 6) is -0.386. The summed E-state index contributed by atoms with van der Waals surface area (Å²) in [7, 11) is -4.02. The molecule has 12 heteroatoms. The van der Waals surface area contributed by atoms with Gasteiger partial charge in [-0.15, -0.1) is 11.6 Å². The first kappa shape index (κ1) is 24.9. The van der Waals surface area contributed by atoms with Crippen LogP contribution in [0.3, 0.4) is 0 Å². The molecule has 2 heterocycles. The maximum atomic E-state index is 12.5. The number of nitrogens with one attached hydrogen (secondary N) is 3. The number of hydrogen-bond acceptors (Lipinski definition) is 6. The van der Waals surface area contributed by atoms with Gasteiger partial charge in [-0.05, 0) is 61.9 Å². The number of fused-ring (bicyclic) bond motifs is 1. The van der Waals surface area contributed by atoms with Crippen LogP contribution in [-0.2, 0) is 23.0 Å². The molecule has 0 atom stereocenters. The van der Waals surface area contributed by atoms with E-state index in [1.54, 1.807) is 30.5 Å². The fourth-order valence-corrected chi connectivity index (χ4v) is 5.29. The van der Waals surface area contributed by atoms with Gasteiger partial charge in [-0.3, -0.25) is 14.7 Å². The largest absolute Gasteiger partial charge is 0.337 e. The predicted molar refractivity (Wildman–Crippen MR) is 128 cm³/mol. The third kappa shape index (κ3) is 6.09. The Balaban J connectivity index is 1.24. The zero-order valence-electron chi connectivity index (χ0n) is 18.9. The number of hydrogen-bond donors (Lipinski definition) is 3. The van der Waals surface area contributed by atoms with E-state index in [0.29, 0.717) is 30.5 Å². The molecule has 1 fully saturated rings. The highest BCUT2D eigenvalue weighted by atomic mass is 35.5. The molecule has 1 aliphatic carbocycles. The number of sulfonamides is 1. The molecule has 5 amide bonds. The number of carbonyl (C=O) groups is 3. The molecule has 35 heavy (non-hydrogen) atoms. The van der Waals surface area contributed by atoms with Crippen molar-refractivity contribution in [3.05, 3.63) is 59.4 Å². The smallest absolute Gasteiger partial charge is 0.328 e. The van der Waals surface area contributed by atoms with Crippen molar-refractivity contribution in [2.75, 3.05) is 6.54 Å². The third-order valence-corrected chi connectivity index (χ3v) is 7.84. The van der Waals surface area contributed by atoms with E-state index in [0.717, 1.165) is 23.3 Å². The van der Waals surface area contributed by atoms with Crippen LogP contribution in [0.2, 0.25) is 0 Å². The zero-order chi connectivity index (χ0) is 25.0. The Bertz CT molecular complexity index is 1210. The van der Waals surface area contributed by atoms with Gasteiger partial charge in [0.25, 0.3) is 15.9 Å². The SMILES string of the molecule is O=C(NC1CCC(Cl)CC1)NS(=O)(=O)c1ccc(CCNC(=O)N2Cc3ncccc3C2=O)cc1. The van der Waals surface area contributed by atoms with Crippen LogP contribution < -0.4 is 15.4 Å². The lowest BCUT2D eigenvalue weighted by molar-refractivity contribution is 0.0820. The van der Waals surface area contributed by atoms with E-state index in [4.69, 9.17) is 11.6 Å². The Morgan fingerprint density at radius 1 is 1.09 bits per heavy atom. The first-order valence-electron chi connectivity index (χ1n) is 11.3. The van der Waals surface area contributed by atoms with Gasteiger partial charge in [-0.1, -0.05) is 12.1 Å². The fourth-order valence-electron chi connectivity index (χ4n) is 4.13. The summed E-state index contributed by atoms with van der Waals surface area (Å²) in [6.07, 6.45) is 4.98. The molecular weight excluding hydrogens is 494 g/mol. The minimum absolute atomic E-state index is 0.0437. The average molecular weight is 520 g/mol. The van der Waals surface area contributed by atoms with Crippen LogP contribution >= 0.6 is 11.6 Å². The van der Waals surface area contributed by atoms with Crippen LogP contribution in [0.1, 0.15) is 47.3 Å². The van der Waals surface area contributed by atoms with Gasteiger partial charge in [0, 0.05) is 24.2 Å². The maximum absolute atomic E-state index is 12.5. The van der Waals surface area contributed by atoms with Crippen molar-refractivity contribution in [2.24, 2.45) is 0 Å². The van der Waals surface area contributed by atoms with Crippen LogP contribution in [0.15, 0.2) is 47.5 Å². The minimum atomic E-state index is -4.02. The third-order valence-electron chi connectivity index (χ3n) is 6.06. The van der Waals surface area contributed by atoms with Crippen LogP contribution in [0.25, 0.3) is 0 Å². The first-order chi connectivity index (χ1) is 16.7. The summed E-state index contributed by atoms with van der Waals surface area (Å²) in [5, 5.41) is 5.49. The predicted octanol–water partition coefficient (Wildman–Crippen LogP) is 2.53. The monoisotopic (exact) mass is 519 g/mol. The number of imide groups is 1. The normalized spacial score (nSPS) is 19.7. The van der Waals surface area contributed by atoms with E-state index in [2.05, 4.69) is 15.6 Å². The summed E-state index contributed by atoms with van der Waals surface area (Å²) in [5.41, 5.74) is 1.77. The van der Waals surface area contributed by atoms with Gasteiger partial charge in [0.2, 0.25) is 0 Å². The topological polar surface area (TPSA) is 138 Å². The Hall–Kier alpha value is -3.18. The van der Waals surface area contributed by atoms with E-state index >= 15 is 0 Å². The Labute approximate surface area is 208 Å². The van der Waals surface area contributed by atoms with E-state index in [9.17, 15) is 22.8 Å². The second-order valence-electron chi connectivity index (χ2n) is 8.54. The standard InChI is InChI=1S/C23H26ClN5O5S/c24-16-5-7-17(8-6-16)27-22(31)28-35(33,34)18-9-3-15(4-10-18)11-13-26-23(32)29-14-20-19(21(29)30)2-1-12-25-20/h1-4,9-10,12,16-17H,5-8,11,13-14H2,(H,26,32)(H2,27,28,31). The second-order valence-corrected chi connectivity index (χ2v) is 10.8. The highest BCUT2D eigenvalue weighted by molar-refractivity contribution is 7.90. The van der Waals surface area contributed by atoms with Gasteiger partial charge < -0.3 is 10.6 Å². The lowest BCUT2D eigenvalue weighted by Crippen LogP contribution is -2.45. The number of alkyl halides is 1. The molecule has 0 bridgehead atoms. The number of pyridine rings is 1. The molecule has 3 N–H and O–H groups in total. The Morgan fingerprint density at radius 3 is 2.49 bits per heavy atom. The number of nitrogens with zero attached hydrogens (tertiary/aromatic N) is 2. The molecule has 0 unspecified atom stereocenters. The number of amides is 5. The fraction of sp³-hybridized carbons (Fsp3) is 0.391. The van der Waals surface area contributed by atoms with E-state index < -0.39 is 22.1 Å². The second kappa shape index (κ2) is 10.6. The average Bonchev–Trinajstić information content (AvgIpc) is 3.17. The molecule has 1 saturated carbocycles. The van der Waals surface area contributed by atoms with Crippen LogP contribution in [0, 0.1) is 0 Å². The number of halogens is 1. The molecule has 1 aromatic heterocycles. The van der Waals surface area contributed by atoms with Crippen LogP contribution in [-0.4, -0.2) is 54.2 Å². The zero-order valence-corrected chi connectivity index (χ0v) is 20.4. The van der Waals surface area contributed by atoms with Gasteiger partial charge in [0.05, 0.1) is 22.7 Å². The summed E-state index contributed by atoms with van der Waals surface area (Å²) in [6.45, 7) is 0.381. The van der Waals surface area contributed by atoms with Crippen molar-refractivity contribution in [1.29, 1.82) is 0 Å². The van der Waals surface area contributed by atoms with E-state index in [1.807, 2.05) is 4.72 Å². The van der Waals surface area contributed by atoms with Gasteiger partial charge >= 0.3 is 12.1 Å². The quantitative estimate of drug-likeness (QED) is 0.501. The van der Waals surface area contributed by atoms with Crippen molar-refractivity contribution < 1.29 is 22.8 Å². The first-order valence-corrected chi connectivity index (χ1v) is 13.2. The lowest BCUT2D eigenvalue weighted by Gasteiger charge is -2.25. The molecular formula is C23H26ClN5O5S. The van der Waals surface area contributed by atoms with Crippen LogP contribution in [0.5, 0.6) is 0 Å². The summed E-state index contributed by atoms with van der Waals surface area (Å²) < 4.78 is 27.1. The van der Waals surface area contributed by atoms with Gasteiger partial charge in [0.1, 0.15) is 0 Å². The molecule has 2 aliphatic rings. The maximum Gasteiger partial charge on any atom is 0.328 e. The molecule has 186 valence electrons. The van der Waals surface area contributed by atoms with Crippen molar-refractivity contribution >= 4 is 39.6 Å². The number of aromatic nitrogens is 1. The molecule has 10 nitrogen and oxygen atoms in total. The lowest BCUT2D eigenvalue weighted by atomic mass is 9.95. The van der Waals surface area contributed by atoms with Crippen molar-refractivity contribution in [1.82, 2.24) is 25.2 Å². The van der Waals surface area contributed by atoms with Crippen LogP contribution in [0.4, 0.5) is 9.59 Å². The molecule has 0 spiro atoms. The summed E-state index contributed by atoms with van der Waals surface area (Å²) >= 11 is 6.06. The van der Waals surface area contributed by atoms with Crippen molar-refractivity contribution in [3.63, 3.8) is 0 Å². The number of carbonyl (C=O) groups excluding carboxylic acids is 3. The molecule has 1 aromatic carbocycles. The molecule has 0 saturated heterocycles. The number of benzene rings is 1. The molecule has 4 rings (SSSR count). The highest BCUT2D eigenvalue weighted by Gasteiger charge is 2.32.